The quantitative estimate of drug-likeness (QED) is 0.497. The first-order valence-electron chi connectivity index (χ1n) is 12.1. The highest BCUT2D eigenvalue weighted by atomic mass is 35.5. The second-order valence-corrected chi connectivity index (χ2v) is 11.0. The zero-order valence-electron chi connectivity index (χ0n) is 20.8. The van der Waals surface area contributed by atoms with Crippen LogP contribution < -0.4 is 5.32 Å². The van der Waals surface area contributed by atoms with Gasteiger partial charge in [0.1, 0.15) is 11.6 Å². The average Bonchev–Trinajstić information content (AvgIpc) is 2.93. The van der Waals surface area contributed by atoms with Gasteiger partial charge >= 0.3 is 0 Å². The Bertz CT molecular complexity index is 762. The second kappa shape index (κ2) is 12.8. The number of halogens is 2. The second-order valence-electron chi connectivity index (χ2n) is 10.6. The molecule has 0 aromatic heterocycles. The topological polar surface area (TPSA) is 58.6 Å². The van der Waals surface area contributed by atoms with Crippen molar-refractivity contribution in [1.29, 1.82) is 0 Å². The number of carbonyl (C=O) groups excluding carboxylic acids is 2. The van der Waals surface area contributed by atoms with E-state index in [1.54, 1.807) is 6.92 Å². The predicted octanol–water partition coefficient (Wildman–Crippen LogP) is 5.50. The standard InChI is InChI=1S/C18H22ClFN2O2.C8H18O/c1-11(23)10-22-16-2-3-17(22)5-12(4-16)9-21-18(24)13-6-14(19)8-15(20)7-13;1-5-6-9-7-8(2,3)4/h6-8,12,16-17H,2-5,9-10H2,1H3,(H,21,24);5-7H2,1-4H3/t12?,16-,17?;/m0./s1. The Balaban J connectivity index is 0.000000365. The fourth-order valence-electron chi connectivity index (χ4n) is 4.62. The number of ketones is 1. The van der Waals surface area contributed by atoms with Crippen LogP contribution in [0.3, 0.4) is 0 Å². The van der Waals surface area contributed by atoms with Gasteiger partial charge in [-0.25, -0.2) is 4.39 Å². The minimum absolute atomic E-state index is 0.210. The number of hydrogen-bond acceptors (Lipinski definition) is 4. The van der Waals surface area contributed by atoms with Crippen molar-refractivity contribution < 1.29 is 18.7 Å². The first kappa shape index (κ1) is 27.7. The molecule has 0 spiro atoms. The van der Waals surface area contributed by atoms with Crippen molar-refractivity contribution in [1.82, 2.24) is 10.2 Å². The largest absolute Gasteiger partial charge is 0.381 e. The molecule has 1 amide bonds. The van der Waals surface area contributed by atoms with Crippen LogP contribution in [0.25, 0.3) is 0 Å². The lowest BCUT2D eigenvalue weighted by molar-refractivity contribution is -0.119. The lowest BCUT2D eigenvalue weighted by Crippen LogP contribution is -2.47. The van der Waals surface area contributed by atoms with Crippen molar-refractivity contribution in [2.75, 3.05) is 26.3 Å². The van der Waals surface area contributed by atoms with Crippen molar-refractivity contribution in [3.8, 4) is 0 Å². The fourth-order valence-corrected chi connectivity index (χ4v) is 4.84. The highest BCUT2D eigenvalue weighted by Crippen LogP contribution is 2.38. The average molecular weight is 483 g/mol. The van der Waals surface area contributed by atoms with E-state index in [9.17, 15) is 14.0 Å². The molecule has 2 unspecified atom stereocenters. The molecule has 1 N–H and O–H groups in total. The van der Waals surface area contributed by atoms with Crippen LogP contribution >= 0.6 is 11.6 Å². The number of benzene rings is 1. The fraction of sp³-hybridized carbons (Fsp3) is 0.692. The summed E-state index contributed by atoms with van der Waals surface area (Å²) in [6.45, 7) is 13.2. The van der Waals surface area contributed by atoms with E-state index in [4.69, 9.17) is 16.3 Å². The molecular weight excluding hydrogens is 443 g/mol. The summed E-state index contributed by atoms with van der Waals surface area (Å²) in [5.41, 5.74) is 0.576. The molecule has 2 aliphatic heterocycles. The highest BCUT2D eigenvalue weighted by Gasteiger charge is 2.40. The Morgan fingerprint density at radius 3 is 2.33 bits per heavy atom. The lowest BCUT2D eigenvalue weighted by Gasteiger charge is -2.38. The normalized spacial score (nSPS) is 22.5. The van der Waals surface area contributed by atoms with Gasteiger partial charge in [-0.05, 0) is 68.6 Å². The van der Waals surface area contributed by atoms with Gasteiger partial charge in [-0.3, -0.25) is 14.5 Å². The minimum Gasteiger partial charge on any atom is -0.381 e. The molecule has 1 aromatic rings. The van der Waals surface area contributed by atoms with Crippen LogP contribution in [-0.2, 0) is 9.53 Å². The molecule has 2 aliphatic rings. The summed E-state index contributed by atoms with van der Waals surface area (Å²) >= 11 is 5.79. The Labute approximate surface area is 203 Å². The minimum atomic E-state index is -0.511. The maximum Gasteiger partial charge on any atom is 0.251 e. The van der Waals surface area contributed by atoms with Crippen LogP contribution in [0.4, 0.5) is 4.39 Å². The monoisotopic (exact) mass is 482 g/mol. The van der Waals surface area contributed by atoms with E-state index >= 15 is 0 Å². The van der Waals surface area contributed by atoms with Gasteiger partial charge in [0.05, 0.1) is 13.2 Å². The van der Waals surface area contributed by atoms with E-state index in [0.29, 0.717) is 36.5 Å². The van der Waals surface area contributed by atoms with Crippen LogP contribution in [0.1, 0.15) is 77.1 Å². The number of Topliss-reactive ketones (excluding diaryl/α,β-unsaturated/α-hetero) is 1. The molecule has 2 bridgehead atoms. The van der Waals surface area contributed by atoms with E-state index < -0.39 is 5.82 Å². The van der Waals surface area contributed by atoms with Gasteiger partial charge in [-0.2, -0.15) is 0 Å². The van der Waals surface area contributed by atoms with Crippen LogP contribution in [-0.4, -0.2) is 55.0 Å². The number of nitrogens with zero attached hydrogens (tertiary/aromatic N) is 1. The summed E-state index contributed by atoms with van der Waals surface area (Å²) in [6.07, 6.45) is 5.36. The van der Waals surface area contributed by atoms with Crippen LogP contribution in [0, 0.1) is 17.2 Å². The molecule has 3 rings (SSSR count). The van der Waals surface area contributed by atoms with Gasteiger partial charge in [0, 0.05) is 35.8 Å². The number of carbonyl (C=O) groups is 2. The summed E-state index contributed by atoms with van der Waals surface area (Å²) in [4.78, 5) is 25.9. The Morgan fingerprint density at radius 1 is 1.18 bits per heavy atom. The molecule has 3 atom stereocenters. The number of nitrogens with one attached hydrogen (secondary N) is 1. The summed E-state index contributed by atoms with van der Waals surface area (Å²) in [5.74, 6) is -0.196. The molecule has 2 fully saturated rings. The van der Waals surface area contributed by atoms with Gasteiger partial charge < -0.3 is 10.1 Å². The smallest absolute Gasteiger partial charge is 0.251 e. The maximum atomic E-state index is 13.3. The van der Waals surface area contributed by atoms with E-state index in [2.05, 4.69) is 37.9 Å². The third-order valence-electron chi connectivity index (χ3n) is 5.95. The van der Waals surface area contributed by atoms with Crippen molar-refractivity contribution in [2.24, 2.45) is 11.3 Å². The number of ether oxygens (including phenoxy) is 1. The third kappa shape index (κ3) is 9.71. The highest BCUT2D eigenvalue weighted by molar-refractivity contribution is 6.31. The number of hydrogen-bond donors (Lipinski definition) is 1. The maximum absolute atomic E-state index is 13.3. The number of amides is 1. The molecule has 2 heterocycles. The molecule has 0 aliphatic carbocycles. The third-order valence-corrected chi connectivity index (χ3v) is 6.16. The van der Waals surface area contributed by atoms with Crippen LogP contribution in [0.5, 0.6) is 0 Å². The predicted molar refractivity (Wildman–Crippen MR) is 131 cm³/mol. The lowest BCUT2D eigenvalue weighted by atomic mass is 9.90. The summed E-state index contributed by atoms with van der Waals surface area (Å²) < 4.78 is 18.7. The molecule has 0 radical (unpaired) electrons. The molecule has 2 saturated heterocycles. The first-order valence-corrected chi connectivity index (χ1v) is 12.4. The zero-order valence-corrected chi connectivity index (χ0v) is 21.5. The molecule has 186 valence electrons. The van der Waals surface area contributed by atoms with Gasteiger partial charge in [0.15, 0.2) is 0 Å². The first-order chi connectivity index (χ1) is 15.5. The summed E-state index contributed by atoms with van der Waals surface area (Å²) in [7, 11) is 0. The number of rotatable bonds is 8. The van der Waals surface area contributed by atoms with Crippen LogP contribution in [0.2, 0.25) is 5.02 Å². The zero-order chi connectivity index (χ0) is 24.6. The molecule has 0 saturated carbocycles. The van der Waals surface area contributed by atoms with Crippen molar-refractivity contribution in [2.45, 2.75) is 78.8 Å². The SMILES string of the molecule is CC(=O)CN1C2CC[C@H]1CC(CNC(=O)c1cc(F)cc(Cl)c1)C2.CCCOCC(C)(C)C. The van der Waals surface area contributed by atoms with E-state index in [0.717, 1.165) is 45.3 Å². The van der Waals surface area contributed by atoms with Crippen molar-refractivity contribution in [3.05, 3.63) is 34.6 Å². The number of piperidine rings is 1. The molecule has 33 heavy (non-hydrogen) atoms. The molecular formula is C26H40ClFN2O3. The number of fused-ring (bicyclic) bond motifs is 2. The Kier molecular flexibility index (Phi) is 10.8. The molecule has 1 aromatic carbocycles. The van der Waals surface area contributed by atoms with Crippen LogP contribution in [0.15, 0.2) is 18.2 Å². The van der Waals surface area contributed by atoms with E-state index in [-0.39, 0.29) is 22.3 Å². The van der Waals surface area contributed by atoms with Gasteiger partial charge in [-0.15, -0.1) is 0 Å². The molecule has 7 heteroatoms. The van der Waals surface area contributed by atoms with Crippen molar-refractivity contribution in [3.63, 3.8) is 0 Å². The summed E-state index contributed by atoms with van der Waals surface area (Å²) in [6, 6.07) is 4.73. The van der Waals surface area contributed by atoms with Crippen molar-refractivity contribution >= 4 is 23.3 Å². The summed E-state index contributed by atoms with van der Waals surface area (Å²) in [5, 5.41) is 3.12. The van der Waals surface area contributed by atoms with Gasteiger partial charge in [-0.1, -0.05) is 39.3 Å². The van der Waals surface area contributed by atoms with E-state index in [1.807, 2.05) is 0 Å². The molecule has 5 nitrogen and oxygen atoms in total. The Hall–Kier alpha value is -1.50. The van der Waals surface area contributed by atoms with E-state index in [1.165, 1.54) is 18.2 Å². The van der Waals surface area contributed by atoms with Gasteiger partial charge in [0.2, 0.25) is 0 Å². The Morgan fingerprint density at radius 2 is 1.82 bits per heavy atom. The van der Waals surface area contributed by atoms with Gasteiger partial charge in [0.25, 0.3) is 5.91 Å².